The van der Waals surface area contributed by atoms with Crippen molar-refractivity contribution in [3.63, 3.8) is 0 Å². The highest BCUT2D eigenvalue weighted by molar-refractivity contribution is 5.76. The Balaban J connectivity index is 1.80. The predicted octanol–water partition coefficient (Wildman–Crippen LogP) is 0.789. The molecule has 1 N–H and O–H groups in total. The van der Waals surface area contributed by atoms with Crippen LogP contribution in [0.2, 0.25) is 0 Å². The summed E-state index contributed by atoms with van der Waals surface area (Å²) in [5.41, 5.74) is 0.927. The number of benzene rings is 1. The smallest absolute Gasteiger partial charge is 0.252 e. The van der Waals surface area contributed by atoms with Gasteiger partial charge in [-0.1, -0.05) is 30.3 Å². The van der Waals surface area contributed by atoms with Crippen molar-refractivity contribution in [3.05, 3.63) is 66.3 Å². The van der Waals surface area contributed by atoms with E-state index in [0.717, 1.165) is 11.4 Å². The molecule has 0 aliphatic carbocycles. The molecule has 0 unspecified atom stereocenters. The molecule has 1 aromatic carbocycles. The molecule has 3 aromatic rings. The van der Waals surface area contributed by atoms with Gasteiger partial charge in [0.25, 0.3) is 5.82 Å². The quantitative estimate of drug-likeness (QED) is 0.748. The van der Waals surface area contributed by atoms with Crippen molar-refractivity contribution in [2.75, 3.05) is 0 Å². The van der Waals surface area contributed by atoms with Gasteiger partial charge in [0.05, 0.1) is 0 Å². The van der Waals surface area contributed by atoms with Crippen molar-refractivity contribution in [3.8, 4) is 6.07 Å². The number of imidazole rings is 1. The fourth-order valence-electron chi connectivity index (χ4n) is 2.37. The molecule has 1 atom stereocenters. The molecular weight excluding hydrogens is 306 g/mol. The number of hydrogen-bond donors (Lipinski definition) is 1. The van der Waals surface area contributed by atoms with Gasteiger partial charge >= 0.3 is 0 Å². The zero-order chi connectivity index (χ0) is 16.9. The van der Waals surface area contributed by atoms with Gasteiger partial charge in [-0.15, -0.1) is 5.10 Å². The molecule has 24 heavy (non-hydrogen) atoms. The number of aromatic nitrogens is 5. The van der Waals surface area contributed by atoms with Crippen LogP contribution in [0.15, 0.2) is 49.1 Å². The minimum atomic E-state index is -0.377. The number of carbonyl (C=O) groups excluding carboxylic acids is 1. The van der Waals surface area contributed by atoms with Crippen molar-refractivity contribution in [1.82, 2.24) is 29.6 Å². The highest BCUT2D eigenvalue weighted by Crippen LogP contribution is 2.20. The predicted molar refractivity (Wildman–Crippen MR) is 84.4 cm³/mol. The van der Waals surface area contributed by atoms with E-state index in [1.165, 1.54) is 11.0 Å². The lowest BCUT2D eigenvalue weighted by molar-refractivity contribution is -0.122. The van der Waals surface area contributed by atoms with Gasteiger partial charge in [0, 0.05) is 19.4 Å². The summed E-state index contributed by atoms with van der Waals surface area (Å²) >= 11 is 0. The van der Waals surface area contributed by atoms with Crippen LogP contribution in [-0.4, -0.2) is 30.2 Å². The number of nitrogens with zero attached hydrogens (tertiary/aromatic N) is 6. The van der Waals surface area contributed by atoms with Crippen molar-refractivity contribution < 1.29 is 4.79 Å². The summed E-state index contributed by atoms with van der Waals surface area (Å²) in [5.74, 6) is 0.513. The number of amides is 1. The summed E-state index contributed by atoms with van der Waals surface area (Å²) in [6.07, 6.45) is 4.87. The summed E-state index contributed by atoms with van der Waals surface area (Å²) in [5, 5.41) is 15.6. The fraction of sp³-hybridized carbons (Fsp3) is 0.188. The van der Waals surface area contributed by atoms with E-state index in [-0.39, 0.29) is 24.3 Å². The number of carbonyl (C=O) groups is 1. The number of hydrogen-bond acceptors (Lipinski definition) is 5. The second kappa shape index (κ2) is 6.75. The van der Waals surface area contributed by atoms with E-state index in [2.05, 4.69) is 20.4 Å². The van der Waals surface area contributed by atoms with Gasteiger partial charge in [-0.25, -0.2) is 14.6 Å². The van der Waals surface area contributed by atoms with Gasteiger partial charge < -0.3 is 9.88 Å². The Labute approximate surface area is 138 Å². The second-order valence-corrected chi connectivity index (χ2v) is 5.19. The molecule has 1 amide bonds. The van der Waals surface area contributed by atoms with E-state index in [1.54, 1.807) is 6.20 Å². The van der Waals surface area contributed by atoms with Gasteiger partial charge in [0.15, 0.2) is 0 Å². The Bertz CT molecular complexity index is 875. The molecule has 0 aliphatic heterocycles. The minimum Gasteiger partial charge on any atom is -0.340 e. The Hall–Kier alpha value is -3.47. The standard InChI is InChI=1S/C16H15N7O/c1-22-8-7-18-16(22)15(12-5-3-2-4-6-12)20-14(24)10-23-11-19-13(9-17)21-23/h2-8,11,15H,10H2,1H3,(H,20,24)/t15-/m0/s1. The molecule has 0 saturated carbocycles. The first-order valence-electron chi connectivity index (χ1n) is 7.28. The van der Waals surface area contributed by atoms with Crippen LogP contribution < -0.4 is 5.32 Å². The molecule has 0 radical (unpaired) electrons. The third-order valence-electron chi connectivity index (χ3n) is 3.50. The first-order chi connectivity index (χ1) is 11.7. The Kier molecular flexibility index (Phi) is 4.34. The molecule has 2 heterocycles. The Morgan fingerprint density at radius 3 is 2.75 bits per heavy atom. The third kappa shape index (κ3) is 3.30. The highest BCUT2D eigenvalue weighted by Gasteiger charge is 2.20. The Morgan fingerprint density at radius 2 is 2.12 bits per heavy atom. The monoisotopic (exact) mass is 321 g/mol. The van der Waals surface area contributed by atoms with E-state index >= 15 is 0 Å². The first kappa shape index (κ1) is 15.4. The molecule has 0 spiro atoms. The molecule has 3 rings (SSSR count). The normalized spacial score (nSPS) is 11.7. The minimum absolute atomic E-state index is 0.0254. The molecule has 0 fully saturated rings. The van der Waals surface area contributed by atoms with E-state index in [4.69, 9.17) is 5.26 Å². The molecule has 8 nitrogen and oxygen atoms in total. The molecule has 120 valence electrons. The number of nitrogens with one attached hydrogen (secondary N) is 1. The number of aryl methyl sites for hydroxylation is 1. The summed E-state index contributed by atoms with van der Waals surface area (Å²) in [7, 11) is 1.88. The maximum Gasteiger partial charge on any atom is 0.252 e. The van der Waals surface area contributed by atoms with Gasteiger partial charge in [-0.05, 0) is 5.56 Å². The molecule has 8 heteroatoms. The van der Waals surface area contributed by atoms with Gasteiger partial charge in [-0.2, -0.15) is 5.26 Å². The van der Waals surface area contributed by atoms with Crippen molar-refractivity contribution >= 4 is 5.91 Å². The first-order valence-corrected chi connectivity index (χ1v) is 7.28. The van der Waals surface area contributed by atoms with Gasteiger partial charge in [0.2, 0.25) is 5.91 Å². The average molecular weight is 321 g/mol. The van der Waals surface area contributed by atoms with Crippen LogP contribution in [0.1, 0.15) is 23.3 Å². The lowest BCUT2D eigenvalue weighted by atomic mass is 10.1. The maximum atomic E-state index is 12.4. The average Bonchev–Trinajstić information content (AvgIpc) is 3.22. The van der Waals surface area contributed by atoms with Gasteiger partial charge in [0.1, 0.15) is 30.8 Å². The molecule has 0 aliphatic rings. The van der Waals surface area contributed by atoms with E-state index in [9.17, 15) is 4.79 Å². The van der Waals surface area contributed by atoms with E-state index < -0.39 is 0 Å². The molecule has 2 aromatic heterocycles. The summed E-state index contributed by atoms with van der Waals surface area (Å²) < 4.78 is 3.19. The largest absolute Gasteiger partial charge is 0.340 e. The van der Waals surface area contributed by atoms with Crippen LogP contribution in [0, 0.1) is 11.3 Å². The molecular formula is C16H15N7O. The van der Waals surface area contributed by atoms with E-state index in [0.29, 0.717) is 0 Å². The van der Waals surface area contributed by atoms with Crippen LogP contribution in [-0.2, 0) is 18.4 Å². The topological polar surface area (TPSA) is 101 Å². The zero-order valence-corrected chi connectivity index (χ0v) is 13.0. The number of rotatable bonds is 5. The fourth-order valence-corrected chi connectivity index (χ4v) is 2.37. The highest BCUT2D eigenvalue weighted by atomic mass is 16.2. The summed E-state index contributed by atoms with van der Waals surface area (Å²) in [6.45, 7) is -0.0254. The summed E-state index contributed by atoms with van der Waals surface area (Å²) in [6, 6.07) is 11.1. The Morgan fingerprint density at radius 1 is 1.33 bits per heavy atom. The molecule has 0 saturated heterocycles. The van der Waals surface area contributed by atoms with Gasteiger partial charge in [-0.3, -0.25) is 4.79 Å². The van der Waals surface area contributed by atoms with Crippen LogP contribution in [0.5, 0.6) is 0 Å². The van der Waals surface area contributed by atoms with Crippen molar-refractivity contribution in [1.29, 1.82) is 5.26 Å². The zero-order valence-electron chi connectivity index (χ0n) is 13.0. The second-order valence-electron chi connectivity index (χ2n) is 5.19. The third-order valence-corrected chi connectivity index (χ3v) is 3.50. The lowest BCUT2D eigenvalue weighted by Crippen LogP contribution is -2.33. The lowest BCUT2D eigenvalue weighted by Gasteiger charge is -2.19. The van der Waals surface area contributed by atoms with Crippen LogP contribution in [0.3, 0.4) is 0 Å². The maximum absolute atomic E-state index is 12.4. The van der Waals surface area contributed by atoms with Crippen LogP contribution in [0.25, 0.3) is 0 Å². The van der Waals surface area contributed by atoms with Crippen molar-refractivity contribution in [2.45, 2.75) is 12.6 Å². The van der Waals surface area contributed by atoms with E-state index in [1.807, 2.05) is 54.2 Å². The molecule has 0 bridgehead atoms. The van der Waals surface area contributed by atoms with Crippen LogP contribution >= 0.6 is 0 Å². The number of nitriles is 1. The SMILES string of the molecule is Cn1ccnc1[C@@H](NC(=O)Cn1cnc(C#N)n1)c1ccccc1. The van der Waals surface area contributed by atoms with Crippen LogP contribution in [0.4, 0.5) is 0 Å². The van der Waals surface area contributed by atoms with Crippen molar-refractivity contribution in [2.24, 2.45) is 7.05 Å². The summed E-state index contributed by atoms with van der Waals surface area (Å²) in [4.78, 5) is 20.5.